The molecule has 0 unspecified atom stereocenters. The van der Waals surface area contributed by atoms with E-state index < -0.39 is 0 Å². The molecule has 98 valence electrons. The minimum atomic E-state index is -0.255. The highest BCUT2D eigenvalue weighted by atomic mass is 16.5. The molecule has 0 saturated carbocycles. The van der Waals surface area contributed by atoms with Crippen LogP contribution >= 0.6 is 0 Å². The van der Waals surface area contributed by atoms with Crippen molar-refractivity contribution < 1.29 is 9.53 Å². The van der Waals surface area contributed by atoms with Crippen molar-refractivity contribution in [3.63, 3.8) is 0 Å². The van der Waals surface area contributed by atoms with Crippen molar-refractivity contribution in [1.82, 2.24) is 5.32 Å². The van der Waals surface area contributed by atoms with Gasteiger partial charge < -0.3 is 26.0 Å². The molecule has 1 aliphatic rings. The highest BCUT2D eigenvalue weighted by Crippen LogP contribution is 2.28. The van der Waals surface area contributed by atoms with Crippen LogP contribution in [0.2, 0.25) is 0 Å². The molecule has 0 atom stereocenters. The van der Waals surface area contributed by atoms with Gasteiger partial charge in [-0.3, -0.25) is 0 Å². The second kappa shape index (κ2) is 5.59. The van der Waals surface area contributed by atoms with Gasteiger partial charge in [-0.05, 0) is 18.2 Å². The van der Waals surface area contributed by atoms with E-state index in [0.717, 1.165) is 24.5 Å². The number of carbonyl (C=O) groups excluding carboxylic acids is 1. The molecule has 0 spiro atoms. The van der Waals surface area contributed by atoms with Gasteiger partial charge in [-0.2, -0.15) is 0 Å². The predicted octanol–water partition coefficient (Wildman–Crippen LogP) is 0.857. The molecule has 1 aromatic rings. The minimum Gasteiger partial charge on any atom is -0.399 e. The smallest absolute Gasteiger partial charge is 0.319 e. The number of rotatable bonds is 2. The summed E-state index contributed by atoms with van der Waals surface area (Å²) in [7, 11) is 1.58. The summed E-state index contributed by atoms with van der Waals surface area (Å²) in [5, 5.41) is 5.31. The minimum absolute atomic E-state index is 0.255. The van der Waals surface area contributed by atoms with E-state index in [4.69, 9.17) is 10.5 Å². The standard InChI is InChI=1S/C12H18N4O2/c1-14-12(17)15-10-8-9(13)2-3-11(10)16-4-6-18-7-5-16/h2-3,8H,4-7,13H2,1H3,(H2,14,15,17). The highest BCUT2D eigenvalue weighted by molar-refractivity contribution is 5.94. The first-order valence-electron chi connectivity index (χ1n) is 5.91. The zero-order valence-electron chi connectivity index (χ0n) is 10.4. The summed E-state index contributed by atoms with van der Waals surface area (Å²) in [4.78, 5) is 13.6. The van der Waals surface area contributed by atoms with Gasteiger partial charge in [0.2, 0.25) is 0 Å². The molecule has 6 nitrogen and oxygen atoms in total. The van der Waals surface area contributed by atoms with Crippen molar-refractivity contribution in [3.8, 4) is 0 Å². The molecule has 0 bridgehead atoms. The number of nitrogen functional groups attached to an aromatic ring is 1. The van der Waals surface area contributed by atoms with Crippen molar-refractivity contribution in [2.24, 2.45) is 0 Å². The normalized spacial score (nSPS) is 15.3. The zero-order chi connectivity index (χ0) is 13.0. The fourth-order valence-corrected chi connectivity index (χ4v) is 1.92. The Morgan fingerprint density at radius 1 is 1.39 bits per heavy atom. The molecule has 0 radical (unpaired) electrons. The fraction of sp³-hybridized carbons (Fsp3) is 0.417. The Balaban J connectivity index is 2.24. The van der Waals surface area contributed by atoms with E-state index in [1.165, 1.54) is 0 Å². The first kappa shape index (κ1) is 12.5. The van der Waals surface area contributed by atoms with Gasteiger partial charge in [-0.25, -0.2) is 4.79 Å². The van der Waals surface area contributed by atoms with Gasteiger partial charge >= 0.3 is 6.03 Å². The number of nitrogens with one attached hydrogen (secondary N) is 2. The van der Waals surface area contributed by atoms with Crippen LogP contribution in [0.3, 0.4) is 0 Å². The van der Waals surface area contributed by atoms with E-state index in [0.29, 0.717) is 18.9 Å². The van der Waals surface area contributed by atoms with Crippen LogP contribution in [0.4, 0.5) is 21.9 Å². The number of urea groups is 1. The van der Waals surface area contributed by atoms with Crippen molar-refractivity contribution in [1.29, 1.82) is 0 Å². The number of ether oxygens (including phenoxy) is 1. The molecule has 1 heterocycles. The second-order valence-corrected chi connectivity index (χ2v) is 4.08. The summed E-state index contributed by atoms with van der Waals surface area (Å²) < 4.78 is 5.32. The van der Waals surface area contributed by atoms with Gasteiger partial charge in [0, 0.05) is 25.8 Å². The lowest BCUT2D eigenvalue weighted by Crippen LogP contribution is -2.37. The molecule has 4 N–H and O–H groups in total. The van der Waals surface area contributed by atoms with E-state index >= 15 is 0 Å². The Morgan fingerprint density at radius 3 is 2.78 bits per heavy atom. The van der Waals surface area contributed by atoms with E-state index in [2.05, 4.69) is 15.5 Å². The number of benzene rings is 1. The molecule has 2 amide bonds. The summed E-state index contributed by atoms with van der Waals surface area (Å²) in [6, 6.07) is 5.27. The molecule has 0 aromatic heterocycles. The van der Waals surface area contributed by atoms with Crippen molar-refractivity contribution in [2.75, 3.05) is 49.3 Å². The summed E-state index contributed by atoms with van der Waals surface area (Å²) in [5.41, 5.74) is 8.07. The van der Waals surface area contributed by atoms with Crippen LogP contribution in [-0.2, 0) is 4.74 Å². The van der Waals surface area contributed by atoms with Crippen LogP contribution in [0.25, 0.3) is 0 Å². The quantitative estimate of drug-likeness (QED) is 0.680. The number of hydrogen-bond donors (Lipinski definition) is 3. The van der Waals surface area contributed by atoms with Crippen molar-refractivity contribution in [3.05, 3.63) is 18.2 Å². The van der Waals surface area contributed by atoms with Gasteiger partial charge in [0.05, 0.1) is 24.6 Å². The SMILES string of the molecule is CNC(=O)Nc1cc(N)ccc1N1CCOCC1. The molecular formula is C12H18N4O2. The third kappa shape index (κ3) is 2.84. The van der Waals surface area contributed by atoms with Crippen LogP contribution in [0, 0.1) is 0 Å². The Hall–Kier alpha value is -1.95. The number of morpholine rings is 1. The van der Waals surface area contributed by atoms with E-state index in [1.54, 1.807) is 13.1 Å². The lowest BCUT2D eigenvalue weighted by molar-refractivity contribution is 0.123. The Morgan fingerprint density at radius 2 is 2.11 bits per heavy atom. The van der Waals surface area contributed by atoms with E-state index in [9.17, 15) is 4.79 Å². The zero-order valence-corrected chi connectivity index (χ0v) is 10.4. The maximum absolute atomic E-state index is 11.4. The second-order valence-electron chi connectivity index (χ2n) is 4.08. The average molecular weight is 250 g/mol. The monoisotopic (exact) mass is 250 g/mol. The van der Waals surface area contributed by atoms with Gasteiger partial charge in [-0.1, -0.05) is 0 Å². The van der Waals surface area contributed by atoms with E-state index in [1.807, 2.05) is 12.1 Å². The number of anilines is 3. The Bertz CT molecular complexity index is 430. The average Bonchev–Trinajstić information content (AvgIpc) is 2.40. The van der Waals surface area contributed by atoms with Crippen LogP contribution in [0.5, 0.6) is 0 Å². The molecule has 0 aliphatic carbocycles. The molecule has 6 heteroatoms. The maximum atomic E-state index is 11.4. The first-order chi connectivity index (χ1) is 8.70. The Kier molecular flexibility index (Phi) is 3.88. The summed E-state index contributed by atoms with van der Waals surface area (Å²) in [6.07, 6.45) is 0. The summed E-state index contributed by atoms with van der Waals surface area (Å²) >= 11 is 0. The number of nitrogens with two attached hydrogens (primary N) is 1. The molecule has 1 saturated heterocycles. The highest BCUT2D eigenvalue weighted by Gasteiger charge is 2.15. The third-order valence-electron chi connectivity index (χ3n) is 2.85. The van der Waals surface area contributed by atoms with Crippen molar-refractivity contribution in [2.45, 2.75) is 0 Å². The summed E-state index contributed by atoms with van der Waals surface area (Å²) in [5.74, 6) is 0. The van der Waals surface area contributed by atoms with E-state index in [-0.39, 0.29) is 6.03 Å². The molecule has 1 fully saturated rings. The lowest BCUT2D eigenvalue weighted by Gasteiger charge is -2.30. The molecule has 18 heavy (non-hydrogen) atoms. The summed E-state index contributed by atoms with van der Waals surface area (Å²) in [6.45, 7) is 3.02. The van der Waals surface area contributed by atoms with Gasteiger partial charge in [0.15, 0.2) is 0 Å². The van der Waals surface area contributed by atoms with Crippen LogP contribution in [-0.4, -0.2) is 39.4 Å². The van der Waals surface area contributed by atoms with Crippen LogP contribution in [0.1, 0.15) is 0 Å². The predicted molar refractivity (Wildman–Crippen MR) is 72.0 cm³/mol. The van der Waals surface area contributed by atoms with Crippen molar-refractivity contribution >= 4 is 23.1 Å². The third-order valence-corrected chi connectivity index (χ3v) is 2.85. The number of nitrogens with zero attached hydrogens (tertiary/aromatic N) is 1. The fourth-order valence-electron chi connectivity index (χ4n) is 1.92. The van der Waals surface area contributed by atoms with Crippen LogP contribution < -0.4 is 21.3 Å². The first-order valence-corrected chi connectivity index (χ1v) is 5.91. The van der Waals surface area contributed by atoms with Gasteiger partial charge in [0.25, 0.3) is 0 Å². The maximum Gasteiger partial charge on any atom is 0.319 e. The number of carbonyl (C=O) groups is 1. The molecule has 2 rings (SSSR count). The van der Waals surface area contributed by atoms with Crippen LogP contribution in [0.15, 0.2) is 18.2 Å². The lowest BCUT2D eigenvalue weighted by atomic mass is 10.2. The molecule has 1 aromatic carbocycles. The molecule has 1 aliphatic heterocycles. The van der Waals surface area contributed by atoms with Gasteiger partial charge in [0.1, 0.15) is 0 Å². The number of amides is 2. The largest absolute Gasteiger partial charge is 0.399 e. The molecular weight excluding hydrogens is 232 g/mol. The Labute approximate surface area is 106 Å². The topological polar surface area (TPSA) is 79.6 Å². The van der Waals surface area contributed by atoms with Gasteiger partial charge in [-0.15, -0.1) is 0 Å². The number of hydrogen-bond acceptors (Lipinski definition) is 4.